The van der Waals surface area contributed by atoms with E-state index in [1.54, 1.807) is 32.5 Å². The van der Waals surface area contributed by atoms with Gasteiger partial charge in [-0.05, 0) is 47.9 Å². The van der Waals surface area contributed by atoms with Gasteiger partial charge >= 0.3 is 0 Å². The van der Waals surface area contributed by atoms with Crippen molar-refractivity contribution in [2.45, 2.75) is 18.8 Å². The number of aliphatic imine (C=N–C) groups is 2. The molecular formula is C25H26N4O. The molecule has 5 nitrogen and oxygen atoms in total. The predicted molar refractivity (Wildman–Crippen MR) is 123 cm³/mol. The van der Waals surface area contributed by atoms with Gasteiger partial charge in [0.05, 0.1) is 12.7 Å². The fourth-order valence-electron chi connectivity index (χ4n) is 3.53. The molecule has 2 atom stereocenters. The lowest BCUT2D eigenvalue weighted by atomic mass is 9.74. The number of nitriles is 1. The van der Waals surface area contributed by atoms with E-state index >= 15 is 0 Å². The molecule has 0 aliphatic rings. The number of aromatic nitrogens is 1. The second-order valence-electron chi connectivity index (χ2n) is 6.43. The van der Waals surface area contributed by atoms with Crippen LogP contribution in [-0.4, -0.2) is 31.1 Å². The van der Waals surface area contributed by atoms with Crippen LogP contribution in [0.25, 0.3) is 0 Å². The van der Waals surface area contributed by atoms with Gasteiger partial charge in [0, 0.05) is 49.4 Å². The van der Waals surface area contributed by atoms with Crippen molar-refractivity contribution in [2.24, 2.45) is 9.98 Å². The number of ether oxygens (including phenoxy) is 1. The summed E-state index contributed by atoms with van der Waals surface area (Å²) in [6.45, 7) is 9.71. The molecule has 30 heavy (non-hydrogen) atoms. The molecule has 0 saturated heterocycles. The van der Waals surface area contributed by atoms with Crippen LogP contribution in [0.2, 0.25) is 0 Å². The SMILES string of the molecule is C=CN=C(C=C)C(c1ccc(OC)c(C#N)c1)C(/C(C=NC)=C/C)c1cccnc1. The Balaban J connectivity index is 2.84. The number of hydrogen-bond donors (Lipinski definition) is 0. The fourth-order valence-corrected chi connectivity index (χ4v) is 3.53. The van der Waals surface area contributed by atoms with Gasteiger partial charge in [-0.3, -0.25) is 15.0 Å². The Bertz CT molecular complexity index is 1010. The highest BCUT2D eigenvalue weighted by molar-refractivity contribution is 6.02. The molecule has 0 aliphatic carbocycles. The van der Waals surface area contributed by atoms with E-state index in [0.717, 1.165) is 22.4 Å². The molecule has 0 saturated carbocycles. The van der Waals surface area contributed by atoms with Crippen LogP contribution in [0.1, 0.15) is 35.4 Å². The molecule has 0 spiro atoms. The molecule has 2 aromatic rings. The van der Waals surface area contributed by atoms with Crippen molar-refractivity contribution < 1.29 is 4.74 Å². The smallest absolute Gasteiger partial charge is 0.136 e. The van der Waals surface area contributed by atoms with E-state index in [2.05, 4.69) is 34.2 Å². The Morgan fingerprint density at radius 2 is 2.03 bits per heavy atom. The molecule has 0 N–H and O–H groups in total. The molecule has 1 aromatic heterocycles. The Morgan fingerprint density at radius 1 is 1.23 bits per heavy atom. The van der Waals surface area contributed by atoms with Gasteiger partial charge in [-0.25, -0.2) is 0 Å². The van der Waals surface area contributed by atoms with Crippen LogP contribution in [0.5, 0.6) is 5.75 Å². The van der Waals surface area contributed by atoms with Gasteiger partial charge in [-0.15, -0.1) is 0 Å². The molecule has 0 fully saturated rings. The van der Waals surface area contributed by atoms with Crippen molar-refractivity contribution in [3.63, 3.8) is 0 Å². The lowest BCUT2D eigenvalue weighted by molar-refractivity contribution is 0.413. The fraction of sp³-hybridized carbons (Fsp3) is 0.200. The summed E-state index contributed by atoms with van der Waals surface area (Å²) >= 11 is 0. The standard InChI is InChI=1S/C25H26N4O/c1-6-18(16-27-4)24(20-10-9-13-28-17-20)25(22(7-2)29-8-3)19-11-12-23(30-5)21(14-19)15-26/h6-14,16-17,24-25H,2-3H2,1,4-5H3/b18-6+,27-16?,29-22?. The first kappa shape index (κ1) is 22.5. The first-order valence-electron chi connectivity index (χ1n) is 9.52. The van der Waals surface area contributed by atoms with Crippen LogP contribution in [0.3, 0.4) is 0 Å². The lowest BCUT2D eigenvalue weighted by Crippen LogP contribution is -2.22. The second kappa shape index (κ2) is 11.3. The van der Waals surface area contributed by atoms with Crippen LogP contribution in [-0.2, 0) is 0 Å². The van der Waals surface area contributed by atoms with Crippen molar-refractivity contribution >= 4 is 11.9 Å². The maximum absolute atomic E-state index is 9.61. The number of rotatable bonds is 9. The number of allylic oxidation sites excluding steroid dienone is 3. The molecular weight excluding hydrogens is 372 g/mol. The van der Waals surface area contributed by atoms with E-state index < -0.39 is 0 Å². The van der Waals surface area contributed by atoms with Gasteiger partial charge in [0.25, 0.3) is 0 Å². The molecule has 2 rings (SSSR count). The minimum absolute atomic E-state index is 0.149. The zero-order valence-electron chi connectivity index (χ0n) is 17.6. The third-order valence-corrected chi connectivity index (χ3v) is 4.82. The third kappa shape index (κ3) is 4.98. The van der Waals surface area contributed by atoms with Crippen molar-refractivity contribution in [3.05, 3.63) is 96.5 Å². The first-order valence-corrected chi connectivity index (χ1v) is 9.52. The molecule has 0 aliphatic heterocycles. The van der Waals surface area contributed by atoms with Gasteiger partial charge in [0.15, 0.2) is 0 Å². The van der Waals surface area contributed by atoms with E-state index in [-0.39, 0.29) is 11.8 Å². The van der Waals surface area contributed by atoms with Gasteiger partial charge in [-0.2, -0.15) is 5.26 Å². The summed E-state index contributed by atoms with van der Waals surface area (Å²) in [7, 11) is 3.29. The maximum Gasteiger partial charge on any atom is 0.136 e. The monoisotopic (exact) mass is 398 g/mol. The van der Waals surface area contributed by atoms with Crippen molar-refractivity contribution in [1.29, 1.82) is 5.26 Å². The maximum atomic E-state index is 9.61. The van der Waals surface area contributed by atoms with E-state index in [4.69, 9.17) is 4.74 Å². The van der Waals surface area contributed by atoms with Gasteiger partial charge in [0.2, 0.25) is 0 Å². The Morgan fingerprint density at radius 3 is 2.57 bits per heavy atom. The number of methoxy groups -OCH3 is 1. The minimum atomic E-state index is -0.244. The van der Waals surface area contributed by atoms with Crippen LogP contribution >= 0.6 is 0 Å². The summed E-state index contributed by atoms with van der Waals surface area (Å²) in [5.41, 5.74) is 4.10. The molecule has 5 heteroatoms. The Hall–Kier alpha value is -3.78. The van der Waals surface area contributed by atoms with E-state index in [1.807, 2.05) is 49.7 Å². The lowest BCUT2D eigenvalue weighted by Gasteiger charge is -2.29. The second-order valence-corrected chi connectivity index (χ2v) is 6.43. The molecule has 2 unspecified atom stereocenters. The van der Waals surface area contributed by atoms with Crippen molar-refractivity contribution in [1.82, 2.24) is 4.98 Å². The average molecular weight is 399 g/mol. The Kier molecular flexibility index (Phi) is 8.46. The molecule has 152 valence electrons. The largest absolute Gasteiger partial charge is 0.495 e. The highest BCUT2D eigenvalue weighted by atomic mass is 16.5. The average Bonchev–Trinajstić information content (AvgIpc) is 2.80. The van der Waals surface area contributed by atoms with Crippen LogP contribution in [0, 0.1) is 11.3 Å². The van der Waals surface area contributed by atoms with Gasteiger partial charge in [-0.1, -0.05) is 31.4 Å². The minimum Gasteiger partial charge on any atom is -0.495 e. The topological polar surface area (TPSA) is 70.6 Å². The van der Waals surface area contributed by atoms with E-state index in [1.165, 1.54) is 6.20 Å². The summed E-state index contributed by atoms with van der Waals surface area (Å²) in [6, 6.07) is 11.7. The van der Waals surface area contributed by atoms with Crippen LogP contribution in [0.4, 0.5) is 0 Å². The van der Waals surface area contributed by atoms with Crippen molar-refractivity contribution in [3.8, 4) is 11.8 Å². The summed E-state index contributed by atoms with van der Waals surface area (Å²) in [5, 5.41) is 9.61. The number of pyridine rings is 1. The van der Waals surface area contributed by atoms with Gasteiger partial charge in [0.1, 0.15) is 11.8 Å². The Labute approximate surface area is 178 Å². The molecule has 0 bridgehead atoms. The van der Waals surface area contributed by atoms with E-state index in [9.17, 15) is 5.26 Å². The van der Waals surface area contributed by atoms with E-state index in [0.29, 0.717) is 11.3 Å². The number of hydrogen-bond acceptors (Lipinski definition) is 5. The summed E-state index contributed by atoms with van der Waals surface area (Å²) in [6.07, 6.45) is 10.7. The zero-order valence-corrected chi connectivity index (χ0v) is 17.6. The zero-order chi connectivity index (χ0) is 21.9. The number of benzene rings is 1. The normalized spacial score (nSPS) is 14.1. The summed E-state index contributed by atoms with van der Waals surface area (Å²) < 4.78 is 5.33. The predicted octanol–water partition coefficient (Wildman–Crippen LogP) is 5.25. The quantitative estimate of drug-likeness (QED) is 0.542. The first-order chi connectivity index (χ1) is 14.6. The molecule has 1 heterocycles. The molecule has 0 amide bonds. The third-order valence-electron chi connectivity index (χ3n) is 4.82. The van der Waals surface area contributed by atoms with Crippen LogP contribution < -0.4 is 4.74 Å². The molecule has 0 radical (unpaired) electrons. The van der Waals surface area contributed by atoms with Gasteiger partial charge < -0.3 is 4.74 Å². The highest BCUT2D eigenvalue weighted by Crippen LogP contribution is 2.40. The molecule has 1 aromatic carbocycles. The highest BCUT2D eigenvalue weighted by Gasteiger charge is 2.31. The van der Waals surface area contributed by atoms with Crippen LogP contribution in [0.15, 0.2) is 89.8 Å². The number of nitrogens with zero attached hydrogens (tertiary/aromatic N) is 4. The van der Waals surface area contributed by atoms with Crippen molar-refractivity contribution in [2.75, 3.05) is 14.2 Å². The summed E-state index contributed by atoms with van der Waals surface area (Å²) in [5.74, 6) is 0.135. The summed E-state index contributed by atoms with van der Waals surface area (Å²) in [4.78, 5) is 13.1.